The van der Waals surface area contributed by atoms with Gasteiger partial charge in [-0.15, -0.1) is 0 Å². The van der Waals surface area contributed by atoms with E-state index in [0.29, 0.717) is 0 Å². The minimum Gasteiger partial charge on any atom is -0.506 e. The molecule has 4 N–H and O–H groups in total. The molecule has 2 rings (SSSR count). The van der Waals surface area contributed by atoms with E-state index in [1.54, 1.807) is 6.07 Å². The molecular formula is C14H13FN2O3. The van der Waals surface area contributed by atoms with E-state index in [9.17, 15) is 14.3 Å². The average molecular weight is 276 g/mol. The van der Waals surface area contributed by atoms with Gasteiger partial charge in [-0.25, -0.2) is 4.39 Å². The van der Waals surface area contributed by atoms with Crippen molar-refractivity contribution in [2.24, 2.45) is 0 Å². The quantitative estimate of drug-likeness (QED) is 0.590. The highest BCUT2D eigenvalue weighted by atomic mass is 19.1. The first-order chi connectivity index (χ1) is 9.58. The van der Waals surface area contributed by atoms with E-state index in [0.717, 1.165) is 0 Å². The van der Waals surface area contributed by atoms with Gasteiger partial charge in [0.1, 0.15) is 23.0 Å². The van der Waals surface area contributed by atoms with Crippen molar-refractivity contribution in [3.63, 3.8) is 0 Å². The van der Waals surface area contributed by atoms with Crippen LogP contribution in [0.5, 0.6) is 11.5 Å². The molecule has 0 saturated carbocycles. The van der Waals surface area contributed by atoms with Crippen molar-refractivity contribution < 1.29 is 19.0 Å². The molecule has 5 nitrogen and oxygen atoms in total. The molecule has 0 unspecified atom stereocenters. The lowest BCUT2D eigenvalue weighted by Crippen LogP contribution is -2.21. The van der Waals surface area contributed by atoms with Crippen LogP contribution in [0.3, 0.4) is 0 Å². The summed E-state index contributed by atoms with van der Waals surface area (Å²) < 4.78 is 18.5. The Kier molecular flexibility index (Phi) is 4.05. The molecule has 0 heterocycles. The third kappa shape index (κ3) is 3.17. The molecule has 2 aromatic rings. The Bertz CT molecular complexity index is 632. The summed E-state index contributed by atoms with van der Waals surface area (Å²) >= 11 is 0. The molecule has 0 radical (unpaired) electrons. The summed E-state index contributed by atoms with van der Waals surface area (Å²) in [5.74, 6) is -0.999. The number of benzene rings is 2. The fraction of sp³-hybridized carbons (Fsp3) is 0.0714. The number of aromatic hydroxyl groups is 1. The molecule has 2 aromatic carbocycles. The predicted octanol–water partition coefficient (Wildman–Crippen LogP) is 2.13. The molecule has 1 amide bonds. The monoisotopic (exact) mass is 276 g/mol. The lowest BCUT2D eigenvalue weighted by Gasteiger charge is -2.10. The highest BCUT2D eigenvalue weighted by Crippen LogP contribution is 2.29. The minimum atomic E-state index is -0.530. The smallest absolute Gasteiger partial charge is 0.262 e. The van der Waals surface area contributed by atoms with Gasteiger partial charge in [-0.2, -0.15) is 0 Å². The van der Waals surface area contributed by atoms with Gasteiger partial charge in [-0.1, -0.05) is 18.2 Å². The van der Waals surface area contributed by atoms with Gasteiger partial charge in [0.15, 0.2) is 6.61 Å². The summed E-state index contributed by atoms with van der Waals surface area (Å²) in [5, 5.41) is 11.8. The molecule has 0 aliphatic rings. The van der Waals surface area contributed by atoms with Crippen molar-refractivity contribution in [2.75, 3.05) is 17.7 Å². The number of anilines is 2. The van der Waals surface area contributed by atoms with E-state index in [2.05, 4.69) is 5.32 Å². The van der Waals surface area contributed by atoms with Crippen molar-refractivity contribution in [3.05, 3.63) is 48.3 Å². The fourth-order valence-electron chi connectivity index (χ4n) is 1.55. The Hall–Kier alpha value is -2.76. The number of rotatable bonds is 4. The maximum absolute atomic E-state index is 13.3. The molecule has 6 heteroatoms. The number of phenols is 1. The number of nitrogen functional groups attached to an aromatic ring is 1. The van der Waals surface area contributed by atoms with Crippen LogP contribution >= 0.6 is 0 Å². The van der Waals surface area contributed by atoms with Crippen LogP contribution in [-0.2, 0) is 4.79 Å². The van der Waals surface area contributed by atoms with E-state index in [-0.39, 0.29) is 29.5 Å². The molecule has 0 bridgehead atoms. The number of ether oxygens (including phenoxy) is 1. The van der Waals surface area contributed by atoms with Gasteiger partial charge in [-0.05, 0) is 24.3 Å². The van der Waals surface area contributed by atoms with Crippen molar-refractivity contribution in [3.8, 4) is 11.5 Å². The Morgan fingerprint density at radius 2 is 2.00 bits per heavy atom. The van der Waals surface area contributed by atoms with E-state index >= 15 is 0 Å². The number of carbonyl (C=O) groups is 1. The molecule has 104 valence electrons. The van der Waals surface area contributed by atoms with E-state index < -0.39 is 11.7 Å². The molecule has 0 atom stereocenters. The standard InChI is InChI=1S/C14H13FN2O3/c15-9-4-1-2-5-10(9)17-13(19)8-20-12-7-3-6-11(18)14(12)16/h1-7,18H,8,16H2,(H,17,19). The normalized spacial score (nSPS) is 10.1. The van der Waals surface area contributed by atoms with Crippen molar-refractivity contribution in [2.45, 2.75) is 0 Å². The molecule has 0 aromatic heterocycles. The molecule has 0 spiro atoms. The van der Waals surface area contributed by atoms with E-state index in [1.807, 2.05) is 0 Å². The summed E-state index contributed by atoms with van der Waals surface area (Å²) in [4.78, 5) is 11.6. The van der Waals surface area contributed by atoms with Gasteiger partial charge < -0.3 is 20.9 Å². The zero-order chi connectivity index (χ0) is 14.5. The highest BCUT2D eigenvalue weighted by molar-refractivity contribution is 5.92. The zero-order valence-corrected chi connectivity index (χ0v) is 10.5. The van der Waals surface area contributed by atoms with Crippen LogP contribution in [0.25, 0.3) is 0 Å². The second-order valence-corrected chi connectivity index (χ2v) is 4.01. The summed E-state index contributed by atoms with van der Waals surface area (Å²) in [6.07, 6.45) is 0. The maximum atomic E-state index is 13.3. The van der Waals surface area contributed by atoms with Gasteiger partial charge >= 0.3 is 0 Å². The number of nitrogens with one attached hydrogen (secondary N) is 1. The van der Waals surface area contributed by atoms with Crippen LogP contribution < -0.4 is 15.8 Å². The topological polar surface area (TPSA) is 84.6 Å². The second-order valence-electron chi connectivity index (χ2n) is 4.01. The van der Waals surface area contributed by atoms with Gasteiger partial charge in [0.2, 0.25) is 0 Å². The molecule has 20 heavy (non-hydrogen) atoms. The molecule has 0 aliphatic carbocycles. The predicted molar refractivity (Wildman–Crippen MR) is 73.0 cm³/mol. The van der Waals surface area contributed by atoms with Crippen LogP contribution in [0, 0.1) is 5.82 Å². The first-order valence-electron chi connectivity index (χ1n) is 5.82. The number of nitrogens with two attached hydrogens (primary N) is 1. The molecular weight excluding hydrogens is 263 g/mol. The Balaban J connectivity index is 1.96. The Morgan fingerprint density at radius 1 is 1.25 bits per heavy atom. The summed E-state index contributed by atoms with van der Waals surface area (Å²) in [6.45, 7) is -0.345. The van der Waals surface area contributed by atoms with Crippen molar-refractivity contribution >= 4 is 17.3 Å². The summed E-state index contributed by atoms with van der Waals surface area (Å²) in [7, 11) is 0. The maximum Gasteiger partial charge on any atom is 0.262 e. The number of carbonyl (C=O) groups excluding carboxylic acids is 1. The zero-order valence-electron chi connectivity index (χ0n) is 10.5. The number of phenolic OH excluding ortho intramolecular Hbond substituents is 1. The highest BCUT2D eigenvalue weighted by Gasteiger charge is 2.09. The summed E-state index contributed by atoms with van der Waals surface area (Å²) in [6, 6.07) is 10.3. The third-order valence-corrected chi connectivity index (χ3v) is 2.55. The minimum absolute atomic E-state index is 0.0474. The number of hydrogen-bond donors (Lipinski definition) is 3. The van der Waals surface area contributed by atoms with Gasteiger partial charge in [0.25, 0.3) is 5.91 Å². The SMILES string of the molecule is Nc1c(O)cccc1OCC(=O)Nc1ccccc1F. The Labute approximate surface area is 114 Å². The van der Waals surface area contributed by atoms with Crippen LogP contribution in [0.15, 0.2) is 42.5 Å². The molecule has 0 fully saturated rings. The van der Waals surface area contributed by atoms with Gasteiger partial charge in [0.05, 0.1) is 5.69 Å². The third-order valence-electron chi connectivity index (χ3n) is 2.55. The molecule has 0 saturated heterocycles. The van der Waals surface area contributed by atoms with Crippen LogP contribution in [0.4, 0.5) is 15.8 Å². The summed E-state index contributed by atoms with van der Waals surface area (Å²) in [5.41, 5.74) is 5.70. The van der Waals surface area contributed by atoms with Crippen molar-refractivity contribution in [1.82, 2.24) is 0 Å². The van der Waals surface area contributed by atoms with Gasteiger partial charge in [-0.3, -0.25) is 4.79 Å². The number of hydrogen-bond acceptors (Lipinski definition) is 4. The van der Waals surface area contributed by atoms with Crippen LogP contribution in [0.1, 0.15) is 0 Å². The van der Waals surface area contributed by atoms with Crippen LogP contribution in [0.2, 0.25) is 0 Å². The number of halogens is 1. The lowest BCUT2D eigenvalue weighted by molar-refractivity contribution is -0.118. The average Bonchev–Trinajstić information content (AvgIpc) is 2.43. The Morgan fingerprint density at radius 3 is 2.75 bits per heavy atom. The molecule has 0 aliphatic heterocycles. The number of amides is 1. The van der Waals surface area contributed by atoms with E-state index in [4.69, 9.17) is 10.5 Å². The van der Waals surface area contributed by atoms with Gasteiger partial charge in [0, 0.05) is 0 Å². The lowest BCUT2D eigenvalue weighted by atomic mass is 10.3. The van der Waals surface area contributed by atoms with E-state index in [1.165, 1.54) is 36.4 Å². The second kappa shape index (κ2) is 5.92. The largest absolute Gasteiger partial charge is 0.506 e. The first-order valence-corrected chi connectivity index (χ1v) is 5.82. The van der Waals surface area contributed by atoms with Crippen molar-refractivity contribution in [1.29, 1.82) is 0 Å². The fourth-order valence-corrected chi connectivity index (χ4v) is 1.55. The number of para-hydroxylation sites is 2. The first kappa shape index (κ1) is 13.7. The van der Waals surface area contributed by atoms with Crippen LogP contribution in [-0.4, -0.2) is 17.6 Å².